The van der Waals surface area contributed by atoms with Gasteiger partial charge in [-0.15, -0.1) is 6.58 Å². The van der Waals surface area contributed by atoms with Gasteiger partial charge in [-0.2, -0.15) is 0 Å². The van der Waals surface area contributed by atoms with Gasteiger partial charge >= 0.3 is 0 Å². The molecule has 1 heterocycles. The zero-order valence-corrected chi connectivity index (χ0v) is 14.2. The Bertz CT molecular complexity index is 827. The number of rotatable bonds is 3. The van der Waals surface area contributed by atoms with E-state index in [4.69, 9.17) is 4.74 Å². The van der Waals surface area contributed by atoms with Gasteiger partial charge in [0.2, 0.25) is 0 Å². The molecule has 0 bridgehead atoms. The van der Waals surface area contributed by atoms with Crippen molar-refractivity contribution in [2.45, 2.75) is 18.9 Å². The van der Waals surface area contributed by atoms with Crippen molar-refractivity contribution in [1.29, 1.82) is 0 Å². The van der Waals surface area contributed by atoms with Gasteiger partial charge in [-0.3, -0.25) is 4.79 Å². The summed E-state index contributed by atoms with van der Waals surface area (Å²) >= 11 is 3.10. The maximum atomic E-state index is 12.6. The van der Waals surface area contributed by atoms with E-state index in [1.165, 1.54) is 12.1 Å². The molecule has 0 amide bonds. The molecular weight excluding hydrogens is 376 g/mol. The van der Waals surface area contributed by atoms with Crippen LogP contribution in [0.5, 0.6) is 23.0 Å². The Morgan fingerprint density at radius 3 is 2.50 bits per heavy atom. The summed E-state index contributed by atoms with van der Waals surface area (Å²) in [5.41, 5.74) is 1.17. The number of hydrogen-bond donors (Lipinski definition) is 3. The first-order chi connectivity index (χ1) is 11.4. The van der Waals surface area contributed by atoms with E-state index in [1.54, 1.807) is 18.2 Å². The number of Topliss-reactive ketones (excluding diaryl/α,β-unsaturated/α-hetero) is 1. The monoisotopic (exact) mass is 390 g/mol. The van der Waals surface area contributed by atoms with E-state index in [0.29, 0.717) is 5.56 Å². The molecule has 5 nitrogen and oxygen atoms in total. The zero-order valence-electron chi connectivity index (χ0n) is 12.6. The van der Waals surface area contributed by atoms with Crippen LogP contribution in [0.4, 0.5) is 0 Å². The Labute approximate surface area is 147 Å². The van der Waals surface area contributed by atoms with Crippen LogP contribution in [0.25, 0.3) is 0 Å². The standard InChI is InChI=1S/C18H15BrO5/c1-2-3-11-16(22)15(19)17(23)14-12(21)8-13(24-18(11)14)9-4-6-10(20)7-5-9/h2,4-7,13,20,22-23H,1,3,8H2. The Kier molecular flexibility index (Phi) is 4.24. The van der Waals surface area contributed by atoms with Crippen molar-refractivity contribution in [3.8, 4) is 23.0 Å². The lowest BCUT2D eigenvalue weighted by Crippen LogP contribution is -2.22. The van der Waals surface area contributed by atoms with E-state index in [-0.39, 0.29) is 51.7 Å². The fraction of sp³-hybridized carbons (Fsp3) is 0.167. The van der Waals surface area contributed by atoms with Crippen molar-refractivity contribution in [2.24, 2.45) is 0 Å². The number of phenolic OH excluding ortho intramolecular Hbond substituents is 3. The second kappa shape index (κ2) is 6.20. The summed E-state index contributed by atoms with van der Waals surface area (Å²) in [6, 6.07) is 6.37. The molecule has 0 radical (unpaired) electrons. The van der Waals surface area contributed by atoms with Crippen molar-refractivity contribution in [3.63, 3.8) is 0 Å². The molecule has 0 aromatic heterocycles. The van der Waals surface area contributed by atoms with E-state index in [1.807, 2.05) is 0 Å². The summed E-state index contributed by atoms with van der Waals surface area (Å²) in [4.78, 5) is 12.6. The molecule has 3 N–H and O–H groups in total. The molecule has 0 fully saturated rings. The first-order valence-corrected chi connectivity index (χ1v) is 8.09. The molecule has 1 atom stereocenters. The highest BCUT2D eigenvalue weighted by Crippen LogP contribution is 2.50. The molecule has 124 valence electrons. The minimum atomic E-state index is -0.561. The Morgan fingerprint density at radius 2 is 1.88 bits per heavy atom. The topological polar surface area (TPSA) is 87.0 Å². The maximum Gasteiger partial charge on any atom is 0.174 e. The number of fused-ring (bicyclic) bond motifs is 1. The Morgan fingerprint density at radius 1 is 1.21 bits per heavy atom. The minimum absolute atomic E-state index is 0.0517. The third kappa shape index (κ3) is 2.63. The highest BCUT2D eigenvalue weighted by atomic mass is 79.9. The quantitative estimate of drug-likeness (QED) is 0.689. The van der Waals surface area contributed by atoms with Gasteiger partial charge in [0.25, 0.3) is 0 Å². The molecule has 0 saturated carbocycles. The largest absolute Gasteiger partial charge is 0.508 e. The highest BCUT2D eigenvalue weighted by molar-refractivity contribution is 9.10. The Hall–Kier alpha value is -2.47. The van der Waals surface area contributed by atoms with Gasteiger partial charge in [-0.25, -0.2) is 0 Å². The molecule has 0 aliphatic carbocycles. The lowest BCUT2D eigenvalue weighted by molar-refractivity contribution is 0.0842. The maximum absolute atomic E-state index is 12.6. The predicted molar refractivity (Wildman–Crippen MR) is 91.8 cm³/mol. The zero-order chi connectivity index (χ0) is 17.4. The highest BCUT2D eigenvalue weighted by Gasteiger charge is 2.35. The van der Waals surface area contributed by atoms with Crippen molar-refractivity contribution in [2.75, 3.05) is 0 Å². The average molecular weight is 391 g/mol. The van der Waals surface area contributed by atoms with Crippen LogP contribution in [0.15, 0.2) is 41.4 Å². The SMILES string of the molecule is C=CCc1c(O)c(Br)c(O)c2c1OC(c1ccc(O)cc1)CC2=O. The van der Waals surface area contributed by atoms with Crippen LogP contribution in [-0.2, 0) is 6.42 Å². The second-order valence-corrected chi connectivity index (χ2v) is 6.30. The van der Waals surface area contributed by atoms with Gasteiger partial charge in [0.1, 0.15) is 39.1 Å². The van der Waals surface area contributed by atoms with Gasteiger partial charge < -0.3 is 20.1 Å². The smallest absolute Gasteiger partial charge is 0.174 e. The van der Waals surface area contributed by atoms with Crippen molar-refractivity contribution in [1.82, 2.24) is 0 Å². The van der Waals surface area contributed by atoms with Crippen LogP contribution in [0.3, 0.4) is 0 Å². The third-order valence-corrected chi connectivity index (χ3v) is 4.71. The van der Waals surface area contributed by atoms with E-state index in [9.17, 15) is 20.1 Å². The number of ketones is 1. The lowest BCUT2D eigenvalue weighted by atomic mass is 9.92. The first kappa shape index (κ1) is 16.4. The van der Waals surface area contributed by atoms with Gasteiger partial charge in [0.05, 0.1) is 6.42 Å². The molecule has 1 unspecified atom stereocenters. The predicted octanol–water partition coefficient (Wildman–Crippen LogP) is 4.00. The summed E-state index contributed by atoms with van der Waals surface area (Å²) in [6.07, 6.45) is 1.35. The van der Waals surface area contributed by atoms with E-state index < -0.39 is 6.10 Å². The molecule has 1 aliphatic rings. The van der Waals surface area contributed by atoms with Crippen molar-refractivity contribution >= 4 is 21.7 Å². The van der Waals surface area contributed by atoms with Crippen LogP contribution in [0.1, 0.15) is 34.0 Å². The summed E-state index contributed by atoms with van der Waals surface area (Å²) < 4.78 is 6.01. The van der Waals surface area contributed by atoms with Gasteiger partial charge in [0.15, 0.2) is 5.78 Å². The number of phenols is 3. The summed E-state index contributed by atoms with van der Waals surface area (Å²) in [7, 11) is 0. The van der Waals surface area contributed by atoms with Crippen LogP contribution < -0.4 is 4.74 Å². The lowest BCUT2D eigenvalue weighted by Gasteiger charge is -2.28. The fourth-order valence-corrected chi connectivity index (χ4v) is 3.21. The molecule has 1 aliphatic heterocycles. The summed E-state index contributed by atoms with van der Waals surface area (Å²) in [6.45, 7) is 3.65. The van der Waals surface area contributed by atoms with Crippen LogP contribution in [0, 0.1) is 0 Å². The number of benzene rings is 2. The first-order valence-electron chi connectivity index (χ1n) is 7.30. The molecule has 2 aromatic rings. The third-order valence-electron chi connectivity index (χ3n) is 3.96. The molecule has 6 heteroatoms. The van der Waals surface area contributed by atoms with E-state index >= 15 is 0 Å². The average Bonchev–Trinajstić information content (AvgIpc) is 2.56. The van der Waals surface area contributed by atoms with E-state index in [2.05, 4.69) is 22.5 Å². The van der Waals surface area contributed by atoms with Crippen LogP contribution >= 0.6 is 15.9 Å². The van der Waals surface area contributed by atoms with Crippen molar-refractivity contribution in [3.05, 3.63) is 58.1 Å². The summed E-state index contributed by atoms with van der Waals surface area (Å²) in [5.74, 6) is -0.497. The van der Waals surface area contributed by atoms with Gasteiger partial charge in [-0.1, -0.05) is 18.2 Å². The number of carbonyl (C=O) groups is 1. The minimum Gasteiger partial charge on any atom is -0.508 e. The summed E-state index contributed by atoms with van der Waals surface area (Å²) in [5, 5.41) is 29.9. The molecule has 0 spiro atoms. The van der Waals surface area contributed by atoms with Gasteiger partial charge in [-0.05, 0) is 40.0 Å². The molecule has 2 aromatic carbocycles. The number of allylic oxidation sites excluding steroid dienone is 1. The normalized spacial score (nSPS) is 16.4. The number of hydrogen-bond acceptors (Lipinski definition) is 5. The van der Waals surface area contributed by atoms with Gasteiger partial charge in [0, 0.05) is 5.56 Å². The van der Waals surface area contributed by atoms with Crippen molar-refractivity contribution < 1.29 is 24.9 Å². The Balaban J connectivity index is 2.13. The van der Waals surface area contributed by atoms with Crippen LogP contribution in [-0.4, -0.2) is 21.1 Å². The second-order valence-electron chi connectivity index (χ2n) is 5.51. The number of carbonyl (C=O) groups excluding carboxylic acids is 1. The van der Waals surface area contributed by atoms with Crippen LogP contribution in [0.2, 0.25) is 0 Å². The molecule has 24 heavy (non-hydrogen) atoms. The number of aromatic hydroxyl groups is 3. The fourth-order valence-electron chi connectivity index (χ4n) is 2.77. The molecular formula is C18H15BrO5. The number of halogens is 1. The van der Waals surface area contributed by atoms with E-state index in [0.717, 1.165) is 5.56 Å². The molecule has 0 saturated heterocycles. The molecule has 3 rings (SSSR count). The number of ether oxygens (including phenoxy) is 1.